The first-order valence-electron chi connectivity index (χ1n) is 6.99. The van der Waals surface area contributed by atoms with Crippen molar-refractivity contribution in [3.05, 3.63) is 46.5 Å². The Hall–Kier alpha value is -1.20. The molecule has 0 aliphatic rings. The van der Waals surface area contributed by atoms with Crippen molar-refractivity contribution in [3.63, 3.8) is 0 Å². The third-order valence-corrected chi connectivity index (χ3v) is 3.84. The molecule has 0 saturated carbocycles. The zero-order valence-corrected chi connectivity index (χ0v) is 13.8. The number of rotatable bonds is 6. The lowest BCUT2D eigenvalue weighted by atomic mass is 10.1. The zero-order valence-electron chi connectivity index (χ0n) is 12.2. The molecule has 4 nitrogen and oxygen atoms in total. The third-order valence-electron chi connectivity index (χ3n) is 3.17. The van der Waals surface area contributed by atoms with Crippen LogP contribution in [-0.4, -0.2) is 21.3 Å². The maximum Gasteiger partial charge on any atom is 0.0718 e. The molecule has 0 fully saturated rings. The van der Waals surface area contributed by atoms with E-state index in [-0.39, 0.29) is 6.04 Å². The average molecular weight is 337 g/mol. The molecule has 2 aromatic heterocycles. The number of nitrogens with one attached hydrogen (secondary N) is 1. The van der Waals surface area contributed by atoms with Crippen LogP contribution < -0.4 is 5.32 Å². The van der Waals surface area contributed by atoms with E-state index in [0.29, 0.717) is 6.04 Å². The second-order valence-corrected chi connectivity index (χ2v) is 5.92. The minimum Gasteiger partial charge on any atom is -0.309 e. The number of halogens is 1. The van der Waals surface area contributed by atoms with Gasteiger partial charge in [-0.25, -0.2) is 0 Å². The molecule has 0 spiro atoms. The Morgan fingerprint density at radius 1 is 1.35 bits per heavy atom. The molecule has 2 heterocycles. The molecule has 20 heavy (non-hydrogen) atoms. The molecule has 2 rings (SSSR count). The molecular weight excluding hydrogens is 316 g/mol. The van der Waals surface area contributed by atoms with E-state index in [1.807, 2.05) is 29.2 Å². The van der Waals surface area contributed by atoms with Crippen molar-refractivity contribution in [3.8, 4) is 0 Å². The van der Waals surface area contributed by atoms with E-state index in [1.165, 1.54) is 0 Å². The fraction of sp³-hybridized carbons (Fsp3) is 0.467. The Labute approximate surface area is 128 Å². The van der Waals surface area contributed by atoms with Crippen LogP contribution in [0.5, 0.6) is 0 Å². The second kappa shape index (κ2) is 6.99. The minimum atomic E-state index is 0.172. The first kappa shape index (κ1) is 15.2. The number of likely N-dealkylation sites (N-methyl/N-ethyl adjacent to an activating group) is 1. The molecule has 0 aliphatic heterocycles. The van der Waals surface area contributed by atoms with Crippen LogP contribution in [0, 0.1) is 0 Å². The van der Waals surface area contributed by atoms with Gasteiger partial charge in [0.15, 0.2) is 0 Å². The summed E-state index contributed by atoms with van der Waals surface area (Å²) in [6.07, 6.45) is 4.71. The van der Waals surface area contributed by atoms with Gasteiger partial charge in [-0.05, 0) is 54.5 Å². The van der Waals surface area contributed by atoms with Crippen LogP contribution in [0.15, 0.2) is 35.1 Å². The number of hydrogen-bond donors (Lipinski definition) is 1. The summed E-state index contributed by atoms with van der Waals surface area (Å²) in [5.41, 5.74) is 2.12. The molecule has 1 N–H and O–H groups in total. The number of aromatic nitrogens is 3. The lowest BCUT2D eigenvalue weighted by Crippen LogP contribution is -2.24. The summed E-state index contributed by atoms with van der Waals surface area (Å²) in [6.45, 7) is 7.27. The topological polar surface area (TPSA) is 42.7 Å². The van der Waals surface area contributed by atoms with Crippen LogP contribution in [-0.2, 0) is 6.42 Å². The van der Waals surface area contributed by atoms with Crippen LogP contribution >= 0.6 is 15.9 Å². The van der Waals surface area contributed by atoms with Gasteiger partial charge in [0.1, 0.15) is 0 Å². The van der Waals surface area contributed by atoms with Gasteiger partial charge in [0.2, 0.25) is 0 Å². The molecule has 2 aromatic rings. The third kappa shape index (κ3) is 3.67. The summed E-state index contributed by atoms with van der Waals surface area (Å²) in [6, 6.07) is 6.61. The standard InChI is InChI=1S/C15H21BrN4/c1-4-17-14(15-13(16)6-5-8-18-15)10-12-7-9-20(19-12)11(2)3/h5-9,11,14,17H,4,10H2,1-3H3. The highest BCUT2D eigenvalue weighted by Gasteiger charge is 2.17. The van der Waals surface area contributed by atoms with Gasteiger partial charge in [-0.2, -0.15) is 5.10 Å². The van der Waals surface area contributed by atoms with Gasteiger partial charge >= 0.3 is 0 Å². The molecule has 5 heteroatoms. The highest BCUT2D eigenvalue weighted by Crippen LogP contribution is 2.23. The second-order valence-electron chi connectivity index (χ2n) is 5.07. The van der Waals surface area contributed by atoms with Gasteiger partial charge in [-0.3, -0.25) is 9.67 Å². The van der Waals surface area contributed by atoms with E-state index in [4.69, 9.17) is 0 Å². The van der Waals surface area contributed by atoms with E-state index in [0.717, 1.165) is 28.8 Å². The smallest absolute Gasteiger partial charge is 0.0718 e. The van der Waals surface area contributed by atoms with Gasteiger partial charge < -0.3 is 5.32 Å². The van der Waals surface area contributed by atoms with Crippen molar-refractivity contribution in [1.82, 2.24) is 20.1 Å². The average Bonchev–Trinajstić information content (AvgIpc) is 2.88. The van der Waals surface area contributed by atoms with E-state index in [9.17, 15) is 0 Å². The SMILES string of the molecule is CCNC(Cc1ccn(C(C)C)n1)c1ncccc1Br. The van der Waals surface area contributed by atoms with E-state index < -0.39 is 0 Å². The molecule has 1 unspecified atom stereocenters. The lowest BCUT2D eigenvalue weighted by Gasteiger charge is -2.17. The zero-order chi connectivity index (χ0) is 14.5. The maximum atomic E-state index is 4.62. The van der Waals surface area contributed by atoms with Gasteiger partial charge in [-0.15, -0.1) is 0 Å². The summed E-state index contributed by atoms with van der Waals surface area (Å²) >= 11 is 3.58. The Morgan fingerprint density at radius 3 is 2.75 bits per heavy atom. The molecule has 0 radical (unpaired) electrons. The van der Waals surface area contributed by atoms with Crippen molar-refractivity contribution < 1.29 is 0 Å². The molecule has 0 saturated heterocycles. The summed E-state index contributed by atoms with van der Waals surface area (Å²) in [5, 5.41) is 8.11. The first-order valence-corrected chi connectivity index (χ1v) is 7.79. The molecule has 108 valence electrons. The fourth-order valence-corrected chi connectivity index (χ4v) is 2.68. The highest BCUT2D eigenvalue weighted by atomic mass is 79.9. The van der Waals surface area contributed by atoms with Gasteiger partial charge in [0, 0.05) is 29.3 Å². The van der Waals surface area contributed by atoms with Gasteiger partial charge in [-0.1, -0.05) is 6.92 Å². The molecule has 0 bridgehead atoms. The molecule has 0 aliphatic carbocycles. The Balaban J connectivity index is 2.19. The predicted molar refractivity (Wildman–Crippen MR) is 84.7 cm³/mol. The van der Waals surface area contributed by atoms with Crippen molar-refractivity contribution in [2.24, 2.45) is 0 Å². The lowest BCUT2D eigenvalue weighted by molar-refractivity contribution is 0.500. The predicted octanol–water partition coefficient (Wildman–Crippen LogP) is 3.51. The van der Waals surface area contributed by atoms with Crippen molar-refractivity contribution in [2.75, 3.05) is 6.54 Å². The number of pyridine rings is 1. The van der Waals surface area contributed by atoms with Crippen LogP contribution in [0.3, 0.4) is 0 Å². The van der Waals surface area contributed by atoms with E-state index in [2.05, 4.69) is 58.2 Å². The normalized spacial score (nSPS) is 12.8. The van der Waals surface area contributed by atoms with E-state index >= 15 is 0 Å². The Kier molecular flexibility index (Phi) is 5.31. The maximum absolute atomic E-state index is 4.62. The highest BCUT2D eigenvalue weighted by molar-refractivity contribution is 9.10. The van der Waals surface area contributed by atoms with Crippen LogP contribution in [0.1, 0.15) is 44.2 Å². The Bertz CT molecular complexity index is 550. The first-order chi connectivity index (χ1) is 9.61. The molecule has 0 amide bonds. The quantitative estimate of drug-likeness (QED) is 0.877. The fourth-order valence-electron chi connectivity index (χ4n) is 2.15. The van der Waals surface area contributed by atoms with E-state index in [1.54, 1.807) is 0 Å². The van der Waals surface area contributed by atoms with Crippen LogP contribution in [0.2, 0.25) is 0 Å². The summed E-state index contributed by atoms with van der Waals surface area (Å²) < 4.78 is 3.03. The van der Waals surface area contributed by atoms with Crippen LogP contribution in [0.4, 0.5) is 0 Å². The summed E-state index contributed by atoms with van der Waals surface area (Å²) in [4.78, 5) is 4.49. The minimum absolute atomic E-state index is 0.172. The monoisotopic (exact) mass is 336 g/mol. The summed E-state index contributed by atoms with van der Waals surface area (Å²) in [7, 11) is 0. The van der Waals surface area contributed by atoms with Gasteiger partial charge in [0.05, 0.1) is 17.4 Å². The van der Waals surface area contributed by atoms with Crippen molar-refractivity contribution >= 4 is 15.9 Å². The largest absolute Gasteiger partial charge is 0.309 e. The van der Waals surface area contributed by atoms with Crippen molar-refractivity contribution in [2.45, 2.75) is 39.3 Å². The number of hydrogen-bond acceptors (Lipinski definition) is 3. The molecule has 0 aromatic carbocycles. The molecule has 1 atom stereocenters. The van der Waals surface area contributed by atoms with Crippen LogP contribution in [0.25, 0.3) is 0 Å². The summed E-state index contributed by atoms with van der Waals surface area (Å²) in [5.74, 6) is 0. The Morgan fingerprint density at radius 2 is 2.15 bits per heavy atom. The molecular formula is C15H21BrN4. The van der Waals surface area contributed by atoms with Crippen molar-refractivity contribution in [1.29, 1.82) is 0 Å². The number of nitrogens with zero attached hydrogens (tertiary/aromatic N) is 3. The van der Waals surface area contributed by atoms with Gasteiger partial charge in [0.25, 0.3) is 0 Å².